The van der Waals surface area contributed by atoms with Crippen molar-refractivity contribution in [3.63, 3.8) is 0 Å². The monoisotopic (exact) mass is 438 g/mol. The van der Waals surface area contributed by atoms with Crippen LogP contribution in [-0.4, -0.2) is 37.9 Å². The lowest BCUT2D eigenvalue weighted by atomic mass is 10.0. The molecule has 0 unspecified atom stereocenters. The van der Waals surface area contributed by atoms with E-state index in [0.717, 1.165) is 16.8 Å². The lowest BCUT2D eigenvalue weighted by Crippen LogP contribution is -2.50. The predicted molar refractivity (Wildman–Crippen MR) is 107 cm³/mol. The van der Waals surface area contributed by atoms with Gasteiger partial charge in [-0.1, -0.05) is 35.4 Å². The van der Waals surface area contributed by atoms with E-state index in [0.29, 0.717) is 12.8 Å². The number of hydrogen-bond donors (Lipinski definition) is 0. The van der Waals surface area contributed by atoms with Crippen LogP contribution in [0.5, 0.6) is 0 Å². The Morgan fingerprint density at radius 1 is 1.17 bits per heavy atom. The lowest BCUT2D eigenvalue weighted by Gasteiger charge is -2.39. The molecule has 6 nitrogen and oxygen atoms in total. The molecule has 9 heteroatoms. The van der Waals surface area contributed by atoms with Gasteiger partial charge in [0.05, 0.1) is 10.7 Å². The summed E-state index contributed by atoms with van der Waals surface area (Å²) in [6, 6.07) is 9.55. The van der Waals surface area contributed by atoms with Crippen molar-refractivity contribution in [3.05, 3.63) is 58.4 Å². The molecule has 1 fully saturated rings. The van der Waals surface area contributed by atoms with Crippen LogP contribution in [0.25, 0.3) is 0 Å². The summed E-state index contributed by atoms with van der Waals surface area (Å²) in [5.41, 5.74) is 2.81. The van der Waals surface area contributed by atoms with E-state index in [1.165, 1.54) is 22.5 Å². The molecule has 154 valence electrons. The molecule has 0 atom stereocenters. The van der Waals surface area contributed by atoms with Crippen LogP contribution in [0, 0.1) is 12.7 Å². The van der Waals surface area contributed by atoms with Crippen molar-refractivity contribution in [2.24, 2.45) is 0 Å². The molecule has 0 spiro atoms. The number of anilines is 1. The number of ether oxygens (including phenoxy) is 1. The maximum Gasteiger partial charge on any atom is 0.414 e. The predicted octanol–water partition coefficient (Wildman–Crippen LogP) is 4.10. The van der Waals surface area contributed by atoms with Crippen LogP contribution < -0.4 is 4.90 Å². The Bertz CT molecular complexity index is 1070. The summed E-state index contributed by atoms with van der Waals surface area (Å²) >= 11 is 5.74. The minimum Gasteiger partial charge on any atom is -0.444 e. The van der Waals surface area contributed by atoms with Gasteiger partial charge in [-0.2, -0.15) is 4.31 Å². The topological polar surface area (TPSA) is 66.9 Å². The van der Waals surface area contributed by atoms with E-state index >= 15 is 0 Å². The first kappa shape index (κ1) is 20.1. The quantitative estimate of drug-likeness (QED) is 0.723. The molecule has 2 aliphatic heterocycles. The van der Waals surface area contributed by atoms with Crippen molar-refractivity contribution in [2.45, 2.75) is 37.3 Å². The summed E-state index contributed by atoms with van der Waals surface area (Å²) in [6.45, 7) is 2.54. The molecular formula is C20H20ClFN2O4S. The van der Waals surface area contributed by atoms with Gasteiger partial charge < -0.3 is 4.74 Å². The third kappa shape index (κ3) is 3.60. The highest BCUT2D eigenvalue weighted by atomic mass is 35.5. The molecule has 4 rings (SSSR count). The van der Waals surface area contributed by atoms with Crippen LogP contribution in [-0.2, 0) is 21.4 Å². The van der Waals surface area contributed by atoms with Crippen molar-refractivity contribution >= 4 is 33.4 Å². The molecular weight excluding hydrogens is 419 g/mol. The number of nitrogens with zero attached hydrogens (tertiary/aromatic N) is 2. The van der Waals surface area contributed by atoms with Crippen molar-refractivity contribution in [3.8, 4) is 0 Å². The van der Waals surface area contributed by atoms with Gasteiger partial charge in [0, 0.05) is 24.7 Å². The van der Waals surface area contributed by atoms with Crippen molar-refractivity contribution in [2.75, 3.05) is 18.0 Å². The Morgan fingerprint density at radius 3 is 2.62 bits per heavy atom. The van der Waals surface area contributed by atoms with E-state index in [1.54, 1.807) is 4.90 Å². The molecule has 0 saturated carbocycles. The number of fused-ring (bicyclic) bond motifs is 1. The fourth-order valence-electron chi connectivity index (χ4n) is 3.88. The molecule has 0 aromatic heterocycles. The van der Waals surface area contributed by atoms with E-state index in [4.69, 9.17) is 16.3 Å². The first-order valence-electron chi connectivity index (χ1n) is 9.28. The number of halogens is 2. The van der Waals surface area contributed by atoms with Crippen LogP contribution >= 0.6 is 11.6 Å². The minimum absolute atomic E-state index is 0.171. The van der Waals surface area contributed by atoms with Crippen LogP contribution in [0.3, 0.4) is 0 Å². The molecule has 29 heavy (non-hydrogen) atoms. The van der Waals surface area contributed by atoms with Crippen LogP contribution in [0.4, 0.5) is 14.9 Å². The van der Waals surface area contributed by atoms with Crippen LogP contribution in [0.15, 0.2) is 41.3 Å². The second-order valence-corrected chi connectivity index (χ2v) is 9.56. The highest BCUT2D eigenvalue weighted by Crippen LogP contribution is 2.34. The van der Waals surface area contributed by atoms with E-state index in [-0.39, 0.29) is 30.8 Å². The van der Waals surface area contributed by atoms with Gasteiger partial charge in [0.25, 0.3) is 0 Å². The van der Waals surface area contributed by atoms with E-state index in [2.05, 4.69) is 0 Å². The van der Waals surface area contributed by atoms with Gasteiger partial charge >= 0.3 is 6.09 Å². The molecule has 0 aliphatic carbocycles. The highest BCUT2D eigenvalue weighted by Gasteiger charge is 2.37. The van der Waals surface area contributed by atoms with E-state index < -0.39 is 26.8 Å². The van der Waals surface area contributed by atoms with Gasteiger partial charge in [0.15, 0.2) is 5.82 Å². The number of amides is 1. The van der Waals surface area contributed by atoms with Gasteiger partial charge in [-0.25, -0.2) is 17.6 Å². The number of rotatable bonds is 3. The fourth-order valence-corrected chi connectivity index (χ4v) is 5.67. The first-order chi connectivity index (χ1) is 13.8. The zero-order valence-corrected chi connectivity index (χ0v) is 17.3. The summed E-state index contributed by atoms with van der Waals surface area (Å²) in [5, 5.41) is -0.232. The largest absolute Gasteiger partial charge is 0.444 e. The van der Waals surface area contributed by atoms with Gasteiger partial charge in [0.2, 0.25) is 10.0 Å². The maximum atomic E-state index is 14.3. The minimum atomic E-state index is -4.01. The Hall–Kier alpha value is -2.16. The fraction of sp³-hybridized carbons (Fsp3) is 0.350. The Labute approximate surface area is 173 Å². The summed E-state index contributed by atoms with van der Waals surface area (Å²) in [6.07, 6.45) is 0.414. The van der Waals surface area contributed by atoms with Gasteiger partial charge in [0.1, 0.15) is 11.5 Å². The zero-order chi connectivity index (χ0) is 20.8. The number of aryl methyl sites for hydroxylation is 1. The number of sulfonamides is 1. The second-order valence-electron chi connectivity index (χ2n) is 7.24. The molecule has 2 aromatic carbocycles. The van der Waals surface area contributed by atoms with Crippen molar-refractivity contribution < 1.29 is 22.3 Å². The summed E-state index contributed by atoms with van der Waals surface area (Å²) in [7, 11) is -4.01. The number of cyclic esters (lactones) is 1. The molecule has 2 heterocycles. The van der Waals surface area contributed by atoms with Crippen molar-refractivity contribution in [1.82, 2.24) is 4.31 Å². The summed E-state index contributed by atoms with van der Waals surface area (Å²) < 4.78 is 46.5. The van der Waals surface area contributed by atoms with Crippen LogP contribution in [0.1, 0.15) is 24.0 Å². The first-order valence-corrected chi connectivity index (χ1v) is 11.1. The highest BCUT2D eigenvalue weighted by molar-refractivity contribution is 7.89. The maximum absolute atomic E-state index is 14.3. The molecule has 0 N–H and O–H groups in total. The van der Waals surface area contributed by atoms with E-state index in [9.17, 15) is 17.6 Å². The standard InChI is InChI=1S/C20H20ClFN2O4S/c1-13-5-6-17-14(11-13)12-28-20(25)24(17)15-7-9-23(10-8-15)29(26,27)18-4-2-3-16(21)19(18)22/h2-6,11,15H,7-10,12H2,1H3. The smallest absolute Gasteiger partial charge is 0.414 e. The SMILES string of the molecule is Cc1ccc2c(c1)COC(=O)N2C1CCN(S(=O)(=O)c2cccc(Cl)c2F)CC1. The third-order valence-electron chi connectivity index (χ3n) is 5.36. The average molecular weight is 439 g/mol. The van der Waals surface area contributed by atoms with Crippen molar-refractivity contribution in [1.29, 1.82) is 0 Å². The zero-order valence-electron chi connectivity index (χ0n) is 15.8. The summed E-state index contributed by atoms with van der Waals surface area (Å²) in [5.74, 6) is -0.944. The third-order valence-corrected chi connectivity index (χ3v) is 7.57. The molecule has 1 saturated heterocycles. The average Bonchev–Trinajstić information content (AvgIpc) is 2.70. The number of carbonyl (C=O) groups is 1. The second kappa shape index (κ2) is 7.59. The normalized spacial score (nSPS) is 18.4. The molecule has 0 bridgehead atoms. The van der Waals surface area contributed by atoms with Gasteiger partial charge in [-0.3, -0.25) is 4.90 Å². The Balaban J connectivity index is 1.54. The number of hydrogen-bond acceptors (Lipinski definition) is 4. The molecule has 0 radical (unpaired) electrons. The Morgan fingerprint density at radius 2 is 1.90 bits per heavy atom. The van der Waals surface area contributed by atoms with Gasteiger partial charge in [-0.15, -0.1) is 0 Å². The van der Waals surface area contributed by atoms with Crippen LogP contribution in [0.2, 0.25) is 5.02 Å². The molecule has 1 amide bonds. The van der Waals surface area contributed by atoms with E-state index in [1.807, 2.05) is 25.1 Å². The van der Waals surface area contributed by atoms with Gasteiger partial charge in [-0.05, 0) is 38.0 Å². The Kier molecular flexibility index (Phi) is 5.27. The number of piperidine rings is 1. The lowest BCUT2D eigenvalue weighted by molar-refractivity contribution is 0.135. The number of carbonyl (C=O) groups excluding carboxylic acids is 1. The molecule has 2 aliphatic rings. The summed E-state index contributed by atoms with van der Waals surface area (Å²) in [4.78, 5) is 13.6. The molecule has 2 aromatic rings. The number of benzene rings is 2.